The van der Waals surface area contributed by atoms with Gasteiger partial charge in [0.1, 0.15) is 5.82 Å². The van der Waals surface area contributed by atoms with Crippen LogP contribution in [0.3, 0.4) is 0 Å². The van der Waals surface area contributed by atoms with E-state index in [2.05, 4.69) is 10.3 Å². The van der Waals surface area contributed by atoms with Crippen LogP contribution < -0.4 is 16.0 Å². The molecule has 0 aliphatic rings. The lowest BCUT2D eigenvalue weighted by atomic mass is 10.2. The number of carbonyl (C=O) groups is 2. The molecule has 0 saturated carbocycles. The van der Waals surface area contributed by atoms with E-state index in [0.29, 0.717) is 11.3 Å². The summed E-state index contributed by atoms with van der Waals surface area (Å²) < 4.78 is 4.96. The second-order valence-corrected chi connectivity index (χ2v) is 3.88. The highest BCUT2D eigenvalue weighted by atomic mass is 16.5. The standard InChI is InChI=1S/C12H18N4O3/c1-4-19-12(18)8-5-10(13)15-6-9(8)16(3)7-11(17)14-2/h5-6H,4,7H2,1-3H3,(H2,13,15)(H,14,17). The summed E-state index contributed by atoms with van der Waals surface area (Å²) in [5.41, 5.74) is 6.36. The van der Waals surface area contributed by atoms with Crippen molar-refractivity contribution in [1.29, 1.82) is 0 Å². The van der Waals surface area contributed by atoms with Crippen molar-refractivity contribution >= 4 is 23.4 Å². The smallest absolute Gasteiger partial charge is 0.340 e. The van der Waals surface area contributed by atoms with Crippen LogP contribution in [-0.2, 0) is 9.53 Å². The van der Waals surface area contributed by atoms with Crippen molar-refractivity contribution in [1.82, 2.24) is 10.3 Å². The van der Waals surface area contributed by atoms with Gasteiger partial charge in [-0.3, -0.25) is 4.79 Å². The first-order valence-corrected chi connectivity index (χ1v) is 5.84. The second-order valence-electron chi connectivity index (χ2n) is 3.88. The summed E-state index contributed by atoms with van der Waals surface area (Å²) in [6, 6.07) is 1.44. The van der Waals surface area contributed by atoms with E-state index in [-0.39, 0.29) is 24.9 Å². The first kappa shape index (κ1) is 14.7. The third-order valence-electron chi connectivity index (χ3n) is 2.47. The Balaban J connectivity index is 3.05. The van der Waals surface area contributed by atoms with Gasteiger partial charge in [0.25, 0.3) is 0 Å². The zero-order chi connectivity index (χ0) is 14.4. The van der Waals surface area contributed by atoms with Gasteiger partial charge < -0.3 is 20.7 Å². The lowest BCUT2D eigenvalue weighted by molar-refractivity contribution is -0.119. The molecule has 0 saturated heterocycles. The number of esters is 1. The minimum atomic E-state index is -0.490. The van der Waals surface area contributed by atoms with Crippen LogP contribution in [0.1, 0.15) is 17.3 Å². The molecule has 19 heavy (non-hydrogen) atoms. The average Bonchev–Trinajstić information content (AvgIpc) is 2.38. The lowest BCUT2D eigenvalue weighted by Crippen LogP contribution is -2.34. The van der Waals surface area contributed by atoms with Gasteiger partial charge in [-0.15, -0.1) is 0 Å². The summed E-state index contributed by atoms with van der Waals surface area (Å²) >= 11 is 0. The third kappa shape index (κ3) is 3.84. The fraction of sp³-hybridized carbons (Fsp3) is 0.417. The minimum Gasteiger partial charge on any atom is -0.462 e. The normalized spacial score (nSPS) is 9.84. The van der Waals surface area contributed by atoms with Crippen LogP contribution >= 0.6 is 0 Å². The maximum atomic E-state index is 11.8. The fourth-order valence-corrected chi connectivity index (χ4v) is 1.52. The van der Waals surface area contributed by atoms with Gasteiger partial charge in [-0.05, 0) is 13.0 Å². The van der Waals surface area contributed by atoms with Crippen molar-refractivity contribution in [3.8, 4) is 0 Å². The summed E-state index contributed by atoms with van der Waals surface area (Å²) in [5.74, 6) is -0.440. The van der Waals surface area contributed by atoms with Crippen molar-refractivity contribution in [2.45, 2.75) is 6.92 Å². The number of aromatic nitrogens is 1. The van der Waals surface area contributed by atoms with Crippen molar-refractivity contribution in [2.75, 3.05) is 37.9 Å². The molecule has 7 heteroatoms. The quantitative estimate of drug-likeness (QED) is 0.729. The Kier molecular flexibility index (Phi) is 5.11. The maximum absolute atomic E-state index is 11.8. The highest BCUT2D eigenvalue weighted by molar-refractivity contribution is 5.97. The first-order valence-electron chi connectivity index (χ1n) is 5.84. The first-order chi connectivity index (χ1) is 8.99. The van der Waals surface area contributed by atoms with E-state index in [0.717, 1.165) is 0 Å². The summed E-state index contributed by atoms with van der Waals surface area (Å²) in [6.07, 6.45) is 1.45. The zero-order valence-electron chi connectivity index (χ0n) is 11.3. The molecular formula is C12H18N4O3. The maximum Gasteiger partial charge on any atom is 0.340 e. The number of likely N-dealkylation sites (N-methyl/N-ethyl adjacent to an activating group) is 2. The van der Waals surface area contributed by atoms with Gasteiger partial charge in [0, 0.05) is 14.1 Å². The van der Waals surface area contributed by atoms with Gasteiger partial charge in [-0.2, -0.15) is 0 Å². The Hall–Kier alpha value is -2.31. The predicted molar refractivity (Wildman–Crippen MR) is 71.9 cm³/mol. The van der Waals surface area contributed by atoms with Crippen LogP contribution in [0, 0.1) is 0 Å². The Labute approximate surface area is 111 Å². The topological polar surface area (TPSA) is 97.6 Å². The highest BCUT2D eigenvalue weighted by Gasteiger charge is 2.18. The van der Waals surface area contributed by atoms with Crippen molar-refractivity contribution < 1.29 is 14.3 Å². The highest BCUT2D eigenvalue weighted by Crippen LogP contribution is 2.21. The molecule has 3 N–H and O–H groups in total. The predicted octanol–water partition coefficient (Wildman–Crippen LogP) is 0.0227. The molecule has 0 unspecified atom stereocenters. The molecule has 1 aromatic heterocycles. The van der Waals surface area contributed by atoms with Gasteiger partial charge >= 0.3 is 5.97 Å². The second kappa shape index (κ2) is 6.58. The number of nitrogens with two attached hydrogens (primary N) is 1. The number of hydrogen-bond acceptors (Lipinski definition) is 6. The number of rotatable bonds is 5. The zero-order valence-corrected chi connectivity index (χ0v) is 11.3. The molecule has 0 fully saturated rings. The molecular weight excluding hydrogens is 248 g/mol. The molecule has 0 radical (unpaired) electrons. The Morgan fingerprint density at radius 2 is 2.21 bits per heavy atom. The molecule has 1 amide bonds. The number of pyridine rings is 1. The van der Waals surface area contributed by atoms with Gasteiger partial charge in [0.15, 0.2) is 0 Å². The van der Waals surface area contributed by atoms with E-state index < -0.39 is 5.97 Å². The molecule has 0 aliphatic carbocycles. The number of nitrogens with zero attached hydrogens (tertiary/aromatic N) is 2. The van der Waals surface area contributed by atoms with Crippen molar-refractivity contribution in [3.05, 3.63) is 17.8 Å². The van der Waals surface area contributed by atoms with Gasteiger partial charge in [0.05, 0.1) is 30.6 Å². The lowest BCUT2D eigenvalue weighted by Gasteiger charge is -2.20. The number of amides is 1. The third-order valence-corrected chi connectivity index (χ3v) is 2.47. The number of ether oxygens (including phenoxy) is 1. The van der Waals surface area contributed by atoms with E-state index in [1.54, 1.807) is 25.9 Å². The minimum absolute atomic E-state index is 0.106. The SMILES string of the molecule is CCOC(=O)c1cc(N)ncc1N(C)CC(=O)NC. The van der Waals surface area contributed by atoms with E-state index in [1.807, 2.05) is 0 Å². The van der Waals surface area contributed by atoms with Crippen molar-refractivity contribution in [3.63, 3.8) is 0 Å². The summed E-state index contributed by atoms with van der Waals surface area (Å²) in [7, 11) is 3.23. The van der Waals surface area contributed by atoms with Crippen molar-refractivity contribution in [2.24, 2.45) is 0 Å². The monoisotopic (exact) mass is 266 g/mol. The molecule has 1 heterocycles. The Morgan fingerprint density at radius 1 is 1.53 bits per heavy atom. The van der Waals surface area contributed by atoms with E-state index in [1.165, 1.54) is 12.3 Å². The molecule has 0 spiro atoms. The van der Waals surface area contributed by atoms with E-state index >= 15 is 0 Å². The van der Waals surface area contributed by atoms with Gasteiger partial charge in [-0.1, -0.05) is 0 Å². The summed E-state index contributed by atoms with van der Waals surface area (Å²) in [4.78, 5) is 28.7. The number of anilines is 2. The molecule has 0 aromatic carbocycles. The molecule has 1 rings (SSSR count). The summed E-state index contributed by atoms with van der Waals surface area (Å²) in [5, 5.41) is 2.51. The van der Waals surface area contributed by atoms with Crippen LogP contribution in [0.2, 0.25) is 0 Å². The fourth-order valence-electron chi connectivity index (χ4n) is 1.52. The molecule has 1 aromatic rings. The van der Waals surface area contributed by atoms with E-state index in [4.69, 9.17) is 10.5 Å². The molecule has 7 nitrogen and oxygen atoms in total. The number of nitrogen functional groups attached to an aromatic ring is 1. The van der Waals surface area contributed by atoms with Crippen LogP contribution in [0.5, 0.6) is 0 Å². The van der Waals surface area contributed by atoms with Crippen LogP contribution in [0.25, 0.3) is 0 Å². The number of hydrogen-bond donors (Lipinski definition) is 2. The Morgan fingerprint density at radius 3 is 2.79 bits per heavy atom. The number of nitrogens with one attached hydrogen (secondary N) is 1. The van der Waals surface area contributed by atoms with Crippen LogP contribution in [0.4, 0.5) is 11.5 Å². The van der Waals surface area contributed by atoms with E-state index in [9.17, 15) is 9.59 Å². The van der Waals surface area contributed by atoms with Crippen LogP contribution in [-0.4, -0.2) is 44.1 Å². The molecule has 0 aliphatic heterocycles. The van der Waals surface area contributed by atoms with Gasteiger partial charge in [0.2, 0.25) is 5.91 Å². The number of carbonyl (C=O) groups excluding carboxylic acids is 2. The Bertz CT molecular complexity index is 476. The average molecular weight is 266 g/mol. The molecule has 0 atom stereocenters. The van der Waals surface area contributed by atoms with Gasteiger partial charge in [-0.25, -0.2) is 9.78 Å². The largest absolute Gasteiger partial charge is 0.462 e. The summed E-state index contributed by atoms with van der Waals surface area (Å²) in [6.45, 7) is 2.09. The molecule has 0 bridgehead atoms. The molecule has 104 valence electrons. The van der Waals surface area contributed by atoms with Crippen LogP contribution in [0.15, 0.2) is 12.3 Å².